The summed E-state index contributed by atoms with van der Waals surface area (Å²) in [5, 5.41) is 3.88. The Morgan fingerprint density at radius 2 is 0.818 bits per heavy atom. The van der Waals surface area contributed by atoms with E-state index in [2.05, 4.69) is 48.5 Å². The standard InChI is InChI=1S/C39H22N2O3/c42-37-30-17-9-7-15-28(30)33-22-32(34-29-16-8-10-18-31(29)38(43)41-36(34)35(33)40(37)39(41)44)27-20-25(23-11-3-1-4-12-23)19-26(21-27)24-13-5-2-6-14-24/h1-22H. The molecule has 0 aliphatic rings. The number of hydrogen-bond acceptors (Lipinski definition) is 3. The van der Waals surface area contributed by atoms with Crippen molar-refractivity contribution in [2.45, 2.75) is 0 Å². The lowest BCUT2D eigenvalue weighted by molar-refractivity contribution is 0.958. The van der Waals surface area contributed by atoms with Gasteiger partial charge in [0.15, 0.2) is 0 Å². The third kappa shape index (κ3) is 3.26. The largest absolute Gasteiger partial charge is 0.343 e. The minimum Gasteiger partial charge on any atom is -0.268 e. The summed E-state index contributed by atoms with van der Waals surface area (Å²) in [6.45, 7) is 0. The molecule has 0 aliphatic heterocycles. The molecule has 5 nitrogen and oxygen atoms in total. The Morgan fingerprint density at radius 1 is 0.364 bits per heavy atom. The first kappa shape index (κ1) is 24.5. The van der Waals surface area contributed by atoms with E-state index in [9.17, 15) is 14.4 Å². The van der Waals surface area contributed by atoms with Gasteiger partial charge in [0, 0.05) is 21.5 Å². The summed E-state index contributed by atoms with van der Waals surface area (Å²) < 4.78 is 2.38. The molecule has 3 heterocycles. The smallest absolute Gasteiger partial charge is 0.268 e. The van der Waals surface area contributed by atoms with Crippen LogP contribution in [0.5, 0.6) is 0 Å². The molecule has 0 N–H and O–H groups in total. The summed E-state index contributed by atoms with van der Waals surface area (Å²) in [7, 11) is 0. The van der Waals surface area contributed by atoms with Crippen LogP contribution < -0.4 is 16.8 Å². The van der Waals surface area contributed by atoms with Crippen molar-refractivity contribution in [3.8, 4) is 33.4 Å². The molecule has 0 fully saturated rings. The fourth-order valence-corrected chi connectivity index (χ4v) is 6.89. The highest BCUT2D eigenvalue weighted by Gasteiger charge is 2.26. The third-order valence-electron chi connectivity index (χ3n) is 8.84. The molecule has 3 aromatic heterocycles. The van der Waals surface area contributed by atoms with Crippen LogP contribution in [0.2, 0.25) is 0 Å². The van der Waals surface area contributed by atoms with Gasteiger partial charge in [-0.2, -0.15) is 0 Å². The monoisotopic (exact) mass is 566 g/mol. The van der Waals surface area contributed by atoms with E-state index < -0.39 is 16.8 Å². The van der Waals surface area contributed by atoms with Crippen LogP contribution >= 0.6 is 0 Å². The lowest BCUT2D eigenvalue weighted by Gasteiger charge is -2.16. The SMILES string of the molecule is O=c1c2ccccc2c2cc(-c3cc(-c4ccccc4)cc(-c4ccccc4)c3)c3c4ccccc4c(=O)n4c(=O)n1c2c34. The van der Waals surface area contributed by atoms with Crippen molar-refractivity contribution < 1.29 is 0 Å². The molecule has 0 radical (unpaired) electrons. The zero-order valence-electron chi connectivity index (χ0n) is 23.3. The predicted molar refractivity (Wildman–Crippen MR) is 178 cm³/mol. The molecule has 0 saturated heterocycles. The first-order chi connectivity index (χ1) is 21.6. The number of imidazole rings is 1. The van der Waals surface area contributed by atoms with Crippen LogP contribution in [-0.4, -0.2) is 8.80 Å². The normalized spacial score (nSPS) is 11.9. The Labute approximate surface area is 249 Å². The molecule has 0 bridgehead atoms. The van der Waals surface area contributed by atoms with E-state index in [1.165, 1.54) is 8.80 Å². The number of pyridine rings is 2. The van der Waals surface area contributed by atoms with Crippen LogP contribution in [0.25, 0.3) is 76.7 Å². The highest BCUT2D eigenvalue weighted by molar-refractivity contribution is 6.24. The van der Waals surface area contributed by atoms with Crippen molar-refractivity contribution in [3.63, 3.8) is 0 Å². The third-order valence-corrected chi connectivity index (χ3v) is 8.84. The van der Waals surface area contributed by atoms with Gasteiger partial charge in [0.2, 0.25) is 0 Å². The molecule has 0 aliphatic carbocycles. The number of aromatic nitrogens is 2. The lowest BCUT2D eigenvalue weighted by atomic mass is 9.89. The average Bonchev–Trinajstić information content (AvgIpc) is 3.40. The van der Waals surface area contributed by atoms with Crippen molar-refractivity contribution in [1.82, 2.24) is 8.80 Å². The lowest BCUT2D eigenvalue weighted by Crippen LogP contribution is -2.30. The van der Waals surface area contributed by atoms with Crippen molar-refractivity contribution in [3.05, 3.63) is 165 Å². The average molecular weight is 567 g/mol. The number of rotatable bonds is 3. The molecule has 0 spiro atoms. The maximum absolute atomic E-state index is 14.0. The van der Waals surface area contributed by atoms with Crippen molar-refractivity contribution in [1.29, 1.82) is 0 Å². The van der Waals surface area contributed by atoms with Gasteiger partial charge in [-0.3, -0.25) is 9.59 Å². The van der Waals surface area contributed by atoms with Gasteiger partial charge in [-0.25, -0.2) is 13.6 Å². The molecule has 9 rings (SSSR count). The maximum atomic E-state index is 14.0. The van der Waals surface area contributed by atoms with Crippen LogP contribution in [-0.2, 0) is 0 Å². The number of benzene rings is 6. The van der Waals surface area contributed by atoms with E-state index in [1.807, 2.05) is 60.7 Å². The molecule has 206 valence electrons. The van der Waals surface area contributed by atoms with E-state index in [1.54, 1.807) is 24.3 Å². The Balaban J connectivity index is 1.54. The highest BCUT2D eigenvalue weighted by atomic mass is 16.2. The molecule has 44 heavy (non-hydrogen) atoms. The molecule has 0 saturated carbocycles. The fourth-order valence-electron chi connectivity index (χ4n) is 6.89. The first-order valence-corrected chi connectivity index (χ1v) is 14.5. The van der Waals surface area contributed by atoms with Crippen molar-refractivity contribution in [2.75, 3.05) is 0 Å². The summed E-state index contributed by atoms with van der Waals surface area (Å²) >= 11 is 0. The van der Waals surface area contributed by atoms with E-state index in [-0.39, 0.29) is 0 Å². The number of fused-ring (bicyclic) bond motifs is 4. The van der Waals surface area contributed by atoms with Gasteiger partial charge in [-0.05, 0) is 80.6 Å². The summed E-state index contributed by atoms with van der Waals surface area (Å²) in [6.07, 6.45) is 0. The summed E-state index contributed by atoms with van der Waals surface area (Å²) in [5.41, 5.74) is 5.56. The summed E-state index contributed by atoms with van der Waals surface area (Å²) in [4.78, 5) is 41.6. The molecular weight excluding hydrogens is 544 g/mol. The van der Waals surface area contributed by atoms with Crippen LogP contribution in [0, 0.1) is 0 Å². The van der Waals surface area contributed by atoms with Gasteiger partial charge in [0.1, 0.15) is 0 Å². The van der Waals surface area contributed by atoms with Crippen LogP contribution in [0.15, 0.2) is 148 Å². The minimum atomic E-state index is -0.637. The van der Waals surface area contributed by atoms with Crippen LogP contribution in [0.3, 0.4) is 0 Å². The topological polar surface area (TPSA) is 60.0 Å². The highest BCUT2D eigenvalue weighted by Crippen LogP contribution is 2.42. The van der Waals surface area contributed by atoms with Crippen LogP contribution in [0.1, 0.15) is 0 Å². The molecule has 0 amide bonds. The van der Waals surface area contributed by atoms with Gasteiger partial charge in [0.25, 0.3) is 11.1 Å². The van der Waals surface area contributed by atoms with Gasteiger partial charge >= 0.3 is 5.69 Å². The minimum absolute atomic E-state index is 0.420. The summed E-state index contributed by atoms with van der Waals surface area (Å²) in [5.74, 6) is 0. The first-order valence-electron chi connectivity index (χ1n) is 14.5. The van der Waals surface area contributed by atoms with Gasteiger partial charge in [0.05, 0.1) is 11.0 Å². The van der Waals surface area contributed by atoms with Crippen molar-refractivity contribution in [2.24, 2.45) is 0 Å². The second-order valence-corrected chi connectivity index (χ2v) is 11.2. The zero-order chi connectivity index (χ0) is 29.5. The molecular formula is C39H22N2O3. The van der Waals surface area contributed by atoms with Gasteiger partial charge in [-0.1, -0.05) is 97.1 Å². The number of nitrogens with zero attached hydrogens (tertiary/aromatic N) is 2. The molecule has 5 heteroatoms. The number of hydrogen-bond donors (Lipinski definition) is 0. The van der Waals surface area contributed by atoms with Gasteiger partial charge < -0.3 is 0 Å². The Bertz CT molecular complexity index is 2710. The molecule has 6 aromatic carbocycles. The van der Waals surface area contributed by atoms with E-state index >= 15 is 0 Å². The predicted octanol–water partition coefficient (Wildman–Crippen LogP) is 7.61. The van der Waals surface area contributed by atoms with E-state index in [0.29, 0.717) is 21.8 Å². The van der Waals surface area contributed by atoms with Gasteiger partial charge in [-0.15, -0.1) is 0 Å². The molecule has 0 unspecified atom stereocenters. The second-order valence-electron chi connectivity index (χ2n) is 11.2. The quantitative estimate of drug-likeness (QED) is 0.207. The maximum Gasteiger partial charge on any atom is 0.343 e. The molecule has 0 atom stereocenters. The Kier molecular flexibility index (Phi) is 5.00. The fraction of sp³-hybridized carbons (Fsp3) is 0. The molecule has 9 aromatic rings. The van der Waals surface area contributed by atoms with E-state index in [0.717, 1.165) is 54.9 Å². The Morgan fingerprint density at radius 3 is 1.41 bits per heavy atom. The Hall–Kier alpha value is -6.07. The van der Waals surface area contributed by atoms with Crippen LogP contribution in [0.4, 0.5) is 0 Å². The second kappa shape index (κ2) is 8.96. The van der Waals surface area contributed by atoms with E-state index in [4.69, 9.17) is 0 Å². The zero-order valence-corrected chi connectivity index (χ0v) is 23.3. The summed E-state index contributed by atoms with van der Waals surface area (Å²) in [6, 6.07) is 43.9. The van der Waals surface area contributed by atoms with Crippen molar-refractivity contribution >= 4 is 43.4 Å².